The van der Waals surface area contributed by atoms with Crippen molar-refractivity contribution in [3.05, 3.63) is 58.7 Å². The number of benzene rings is 1. The minimum atomic E-state index is 0.500. The fourth-order valence-electron chi connectivity index (χ4n) is 2.13. The maximum Gasteiger partial charge on any atom is 0.129 e. The summed E-state index contributed by atoms with van der Waals surface area (Å²) in [5, 5.41) is 9.91. The number of pyridine rings is 1. The highest BCUT2D eigenvalue weighted by Gasteiger charge is 2.18. The van der Waals surface area contributed by atoms with E-state index >= 15 is 0 Å². The average molecular weight is 312 g/mol. The van der Waals surface area contributed by atoms with Crippen LogP contribution >= 0.6 is 22.9 Å². The van der Waals surface area contributed by atoms with E-state index in [2.05, 4.69) is 11.1 Å². The Labute approximate surface area is 131 Å². The van der Waals surface area contributed by atoms with Crippen LogP contribution in [0.5, 0.6) is 0 Å². The topological polar surface area (TPSA) is 62.7 Å². The molecule has 21 heavy (non-hydrogen) atoms. The molecular formula is C16H10ClN3S. The molecule has 0 unspecified atom stereocenters. The first kappa shape index (κ1) is 13.6. The van der Waals surface area contributed by atoms with Crippen LogP contribution in [0.4, 0.5) is 5.69 Å². The van der Waals surface area contributed by atoms with E-state index in [9.17, 15) is 5.26 Å². The van der Waals surface area contributed by atoms with Crippen molar-refractivity contribution in [2.75, 3.05) is 5.73 Å². The Morgan fingerprint density at radius 3 is 2.52 bits per heavy atom. The Morgan fingerprint density at radius 1 is 1.14 bits per heavy atom. The molecule has 3 rings (SSSR count). The number of nitrogens with two attached hydrogens (primary N) is 1. The summed E-state index contributed by atoms with van der Waals surface area (Å²) in [7, 11) is 0. The quantitative estimate of drug-likeness (QED) is 0.753. The van der Waals surface area contributed by atoms with Gasteiger partial charge in [-0.15, -0.1) is 11.3 Å². The second-order valence-electron chi connectivity index (χ2n) is 4.41. The van der Waals surface area contributed by atoms with Crippen LogP contribution in [0, 0.1) is 11.3 Å². The fourth-order valence-corrected chi connectivity index (χ4v) is 3.30. The van der Waals surface area contributed by atoms with E-state index in [1.807, 2.05) is 36.4 Å². The van der Waals surface area contributed by atoms with E-state index in [1.165, 1.54) is 11.3 Å². The molecule has 0 spiro atoms. The van der Waals surface area contributed by atoms with Crippen molar-refractivity contribution in [3.63, 3.8) is 0 Å². The first-order valence-electron chi connectivity index (χ1n) is 6.19. The zero-order chi connectivity index (χ0) is 14.8. The van der Waals surface area contributed by atoms with E-state index in [4.69, 9.17) is 17.3 Å². The molecule has 0 aliphatic rings. The largest absolute Gasteiger partial charge is 0.396 e. The van der Waals surface area contributed by atoms with Crippen LogP contribution in [0.1, 0.15) is 4.88 Å². The number of rotatable bonds is 2. The van der Waals surface area contributed by atoms with Gasteiger partial charge in [-0.3, -0.25) is 4.98 Å². The number of nitrogens with zero attached hydrogens (tertiary/aromatic N) is 2. The number of nitrogen functional groups attached to an aromatic ring is 1. The van der Waals surface area contributed by atoms with Gasteiger partial charge in [0.2, 0.25) is 0 Å². The van der Waals surface area contributed by atoms with Gasteiger partial charge in [-0.1, -0.05) is 29.8 Å². The molecule has 3 nitrogen and oxygen atoms in total. The van der Waals surface area contributed by atoms with Gasteiger partial charge in [0.1, 0.15) is 10.9 Å². The van der Waals surface area contributed by atoms with Crippen molar-refractivity contribution < 1.29 is 0 Å². The molecule has 5 heteroatoms. The molecular weight excluding hydrogens is 302 g/mol. The maximum atomic E-state index is 9.24. The lowest BCUT2D eigenvalue weighted by Gasteiger charge is -2.05. The summed E-state index contributed by atoms with van der Waals surface area (Å²) in [6, 6.07) is 13.4. The van der Waals surface area contributed by atoms with Gasteiger partial charge in [0, 0.05) is 33.4 Å². The summed E-state index contributed by atoms with van der Waals surface area (Å²) in [6.07, 6.45) is 3.46. The highest BCUT2D eigenvalue weighted by molar-refractivity contribution is 7.17. The Hall–Kier alpha value is -2.35. The Morgan fingerprint density at radius 2 is 1.90 bits per heavy atom. The molecule has 1 aromatic carbocycles. The van der Waals surface area contributed by atoms with Crippen LogP contribution in [0.15, 0.2) is 48.8 Å². The van der Waals surface area contributed by atoms with Gasteiger partial charge in [0.25, 0.3) is 0 Å². The molecule has 3 aromatic rings. The van der Waals surface area contributed by atoms with Gasteiger partial charge in [-0.25, -0.2) is 0 Å². The summed E-state index contributed by atoms with van der Waals surface area (Å²) in [4.78, 5) is 5.60. The zero-order valence-corrected chi connectivity index (χ0v) is 12.4. The van der Waals surface area contributed by atoms with Crippen LogP contribution < -0.4 is 5.73 Å². The summed E-state index contributed by atoms with van der Waals surface area (Å²) in [5.41, 5.74) is 9.39. The Bertz CT molecular complexity index is 817. The molecule has 102 valence electrons. The van der Waals surface area contributed by atoms with Crippen molar-refractivity contribution in [2.24, 2.45) is 0 Å². The normalized spacial score (nSPS) is 10.3. The van der Waals surface area contributed by atoms with Crippen LogP contribution in [-0.2, 0) is 0 Å². The van der Waals surface area contributed by atoms with Crippen molar-refractivity contribution in [2.45, 2.75) is 0 Å². The summed E-state index contributed by atoms with van der Waals surface area (Å²) in [6.45, 7) is 0. The smallest absolute Gasteiger partial charge is 0.129 e. The summed E-state index contributed by atoms with van der Waals surface area (Å²) < 4.78 is 0. The monoisotopic (exact) mass is 311 g/mol. The number of hydrogen-bond acceptors (Lipinski definition) is 4. The minimum Gasteiger partial charge on any atom is -0.396 e. The number of thiophene rings is 1. The summed E-state index contributed by atoms with van der Waals surface area (Å²) >= 11 is 7.32. The molecule has 0 aliphatic carbocycles. The predicted octanol–water partition coefficient (Wildman–Crippen LogP) is 4.58. The van der Waals surface area contributed by atoms with Gasteiger partial charge in [0.05, 0.1) is 5.69 Å². The molecule has 0 saturated carbocycles. The van der Waals surface area contributed by atoms with Crippen molar-refractivity contribution in [1.29, 1.82) is 5.26 Å². The van der Waals surface area contributed by atoms with Crippen molar-refractivity contribution in [1.82, 2.24) is 4.98 Å². The molecule has 2 aromatic heterocycles. The second-order valence-corrected chi connectivity index (χ2v) is 5.87. The number of halogens is 1. The van der Waals surface area contributed by atoms with Crippen molar-refractivity contribution in [3.8, 4) is 27.6 Å². The molecule has 0 fully saturated rings. The number of aromatic nitrogens is 1. The lowest BCUT2D eigenvalue weighted by Crippen LogP contribution is -1.89. The SMILES string of the molecule is N#Cc1sc(-c2ccc(Cl)cc2)c(-c2cccnc2)c1N. The molecule has 0 radical (unpaired) electrons. The molecule has 0 saturated heterocycles. The molecule has 0 atom stereocenters. The molecule has 0 amide bonds. The highest BCUT2D eigenvalue weighted by atomic mass is 35.5. The van der Waals surface area contributed by atoms with Crippen LogP contribution in [0.3, 0.4) is 0 Å². The Balaban J connectivity index is 2.26. The van der Waals surface area contributed by atoms with Crippen LogP contribution in [-0.4, -0.2) is 4.98 Å². The first-order valence-corrected chi connectivity index (χ1v) is 7.39. The minimum absolute atomic E-state index is 0.500. The molecule has 2 heterocycles. The lowest BCUT2D eigenvalue weighted by molar-refractivity contribution is 1.33. The second kappa shape index (κ2) is 5.57. The third-order valence-electron chi connectivity index (χ3n) is 3.10. The van der Waals surface area contributed by atoms with E-state index in [0.29, 0.717) is 15.6 Å². The standard InChI is InChI=1S/C16H10ClN3S/c17-12-5-3-10(4-6-12)16-14(11-2-1-7-20-9-11)15(19)13(8-18)21-16/h1-7,9H,19H2. The van der Waals surface area contributed by atoms with Gasteiger partial charge < -0.3 is 5.73 Å². The predicted molar refractivity (Wildman–Crippen MR) is 87.1 cm³/mol. The van der Waals surface area contributed by atoms with Crippen LogP contribution in [0.2, 0.25) is 5.02 Å². The van der Waals surface area contributed by atoms with Gasteiger partial charge in [0.15, 0.2) is 0 Å². The van der Waals surface area contributed by atoms with Crippen LogP contribution in [0.25, 0.3) is 21.6 Å². The van der Waals surface area contributed by atoms with Gasteiger partial charge in [-0.05, 0) is 23.8 Å². The van der Waals surface area contributed by atoms with E-state index in [0.717, 1.165) is 21.6 Å². The molecule has 0 aliphatic heterocycles. The zero-order valence-electron chi connectivity index (χ0n) is 10.9. The third kappa shape index (κ3) is 2.49. The summed E-state index contributed by atoms with van der Waals surface area (Å²) in [5.74, 6) is 0. The Kier molecular flexibility index (Phi) is 3.61. The molecule has 2 N–H and O–H groups in total. The van der Waals surface area contributed by atoms with Crippen molar-refractivity contribution >= 4 is 28.6 Å². The van der Waals surface area contributed by atoms with Gasteiger partial charge in [-0.2, -0.15) is 5.26 Å². The highest BCUT2D eigenvalue weighted by Crippen LogP contribution is 2.44. The number of anilines is 1. The average Bonchev–Trinajstić information content (AvgIpc) is 2.85. The fraction of sp³-hybridized carbons (Fsp3) is 0. The molecule has 0 bridgehead atoms. The maximum absolute atomic E-state index is 9.24. The van der Waals surface area contributed by atoms with E-state index in [1.54, 1.807) is 12.4 Å². The first-order chi connectivity index (χ1) is 10.2. The lowest BCUT2D eigenvalue weighted by atomic mass is 10.0. The third-order valence-corrected chi connectivity index (χ3v) is 4.51. The van der Waals surface area contributed by atoms with E-state index in [-0.39, 0.29) is 0 Å². The van der Waals surface area contributed by atoms with Gasteiger partial charge >= 0.3 is 0 Å². The number of nitriles is 1. The number of hydrogen-bond donors (Lipinski definition) is 1. The van der Waals surface area contributed by atoms with E-state index < -0.39 is 0 Å².